The Balaban J connectivity index is 1.18. The topological polar surface area (TPSA) is 98.8 Å². The van der Waals surface area contributed by atoms with E-state index in [1.165, 1.54) is 36.6 Å². The standard InChI is InChI=1S/C31H34N6O2/c1-21-7-5-6-12-36(21)18-23-10-11-28-24(13-23)14-29(35-28)27-15-26(17-32-31(27)39)34-30(38)25-16-33-37(20-25)19-22-8-3-2-4-9-22/h3,8-11,13-17,20-21,35H,2,4-7,12,18-19H2,1H3,(H,32,39)(H,34,38)/t21-/m1/s1. The summed E-state index contributed by atoms with van der Waals surface area (Å²) in [4.78, 5) is 34.4. The summed E-state index contributed by atoms with van der Waals surface area (Å²) in [5.74, 6) is -0.277. The van der Waals surface area contributed by atoms with E-state index < -0.39 is 0 Å². The number of likely N-dealkylation sites (tertiary alicyclic amines) is 1. The Labute approximate surface area is 227 Å². The molecular formula is C31H34N6O2. The first kappa shape index (κ1) is 25.1. The van der Waals surface area contributed by atoms with Gasteiger partial charge in [-0.1, -0.05) is 30.7 Å². The van der Waals surface area contributed by atoms with Gasteiger partial charge in [-0.05, 0) is 74.6 Å². The molecule has 1 aliphatic heterocycles. The Hall–Kier alpha value is -4.17. The second kappa shape index (κ2) is 10.9. The molecule has 39 heavy (non-hydrogen) atoms. The lowest BCUT2D eigenvalue weighted by atomic mass is 10.0. The molecule has 0 saturated carbocycles. The van der Waals surface area contributed by atoms with Crippen LogP contribution in [0.2, 0.25) is 0 Å². The monoisotopic (exact) mass is 522 g/mol. The summed E-state index contributed by atoms with van der Waals surface area (Å²) < 4.78 is 1.76. The van der Waals surface area contributed by atoms with Crippen molar-refractivity contribution in [3.8, 4) is 11.3 Å². The van der Waals surface area contributed by atoms with Crippen molar-refractivity contribution in [1.82, 2.24) is 24.6 Å². The number of amides is 1. The van der Waals surface area contributed by atoms with E-state index in [4.69, 9.17) is 0 Å². The third-order valence-electron chi connectivity index (χ3n) is 7.77. The summed E-state index contributed by atoms with van der Waals surface area (Å²) in [5, 5.41) is 8.30. The van der Waals surface area contributed by atoms with Gasteiger partial charge < -0.3 is 15.3 Å². The van der Waals surface area contributed by atoms with Gasteiger partial charge in [0.1, 0.15) is 0 Å². The highest BCUT2D eigenvalue weighted by Crippen LogP contribution is 2.26. The van der Waals surface area contributed by atoms with Crippen LogP contribution in [0.15, 0.2) is 77.5 Å². The number of benzene rings is 1. The second-order valence-corrected chi connectivity index (χ2v) is 10.7. The molecule has 1 amide bonds. The van der Waals surface area contributed by atoms with Gasteiger partial charge in [-0.3, -0.25) is 19.2 Å². The van der Waals surface area contributed by atoms with E-state index in [1.807, 2.05) is 6.07 Å². The molecular weight excluding hydrogens is 488 g/mol. The summed E-state index contributed by atoms with van der Waals surface area (Å²) >= 11 is 0. The number of pyridine rings is 1. The molecule has 200 valence electrons. The fourth-order valence-electron chi connectivity index (χ4n) is 5.55. The van der Waals surface area contributed by atoms with Crippen LogP contribution in [0.25, 0.3) is 22.2 Å². The van der Waals surface area contributed by atoms with E-state index in [1.54, 1.807) is 23.1 Å². The molecule has 1 fully saturated rings. The molecule has 0 radical (unpaired) electrons. The zero-order chi connectivity index (χ0) is 26.8. The molecule has 0 bridgehead atoms. The van der Waals surface area contributed by atoms with Crippen LogP contribution < -0.4 is 10.9 Å². The van der Waals surface area contributed by atoms with E-state index in [0.29, 0.717) is 35.1 Å². The first-order valence-electron chi connectivity index (χ1n) is 13.8. The number of H-pyrrole nitrogens is 2. The van der Waals surface area contributed by atoms with E-state index in [9.17, 15) is 9.59 Å². The van der Waals surface area contributed by atoms with Crippen molar-refractivity contribution in [3.63, 3.8) is 0 Å². The van der Waals surface area contributed by atoms with Gasteiger partial charge in [-0.25, -0.2) is 0 Å². The SMILES string of the molecule is C[C@@H]1CCCCN1Cc1ccc2[nH]c(-c3cc(NC(=O)c4cnn(CC5=CCCC=C5)c4)c[nH]c3=O)cc2c1. The number of anilines is 1. The van der Waals surface area contributed by atoms with Crippen LogP contribution >= 0.6 is 0 Å². The predicted molar refractivity (Wildman–Crippen MR) is 155 cm³/mol. The minimum Gasteiger partial charge on any atom is -0.354 e. The number of fused-ring (bicyclic) bond motifs is 1. The zero-order valence-corrected chi connectivity index (χ0v) is 22.2. The Morgan fingerprint density at radius 2 is 2.08 bits per heavy atom. The first-order chi connectivity index (χ1) is 19.0. The van der Waals surface area contributed by atoms with Gasteiger partial charge in [0.2, 0.25) is 0 Å². The van der Waals surface area contributed by atoms with Gasteiger partial charge in [-0.2, -0.15) is 5.10 Å². The highest BCUT2D eigenvalue weighted by Gasteiger charge is 2.19. The molecule has 1 saturated heterocycles. The van der Waals surface area contributed by atoms with Crippen molar-refractivity contribution in [2.75, 3.05) is 11.9 Å². The highest BCUT2D eigenvalue weighted by molar-refractivity contribution is 6.04. The second-order valence-electron chi connectivity index (χ2n) is 10.7. The molecule has 6 rings (SSSR count). The minimum absolute atomic E-state index is 0.219. The number of allylic oxidation sites excluding steroid dienone is 4. The third-order valence-corrected chi connectivity index (χ3v) is 7.77. The Morgan fingerprint density at radius 1 is 1.15 bits per heavy atom. The molecule has 8 nitrogen and oxygen atoms in total. The van der Waals surface area contributed by atoms with Crippen molar-refractivity contribution >= 4 is 22.5 Å². The number of rotatable bonds is 7. The van der Waals surface area contributed by atoms with Crippen LogP contribution in [-0.2, 0) is 13.1 Å². The summed E-state index contributed by atoms with van der Waals surface area (Å²) in [6, 6.07) is 10.8. The molecule has 2 aliphatic rings. The van der Waals surface area contributed by atoms with Crippen molar-refractivity contribution in [2.45, 2.75) is 58.2 Å². The van der Waals surface area contributed by atoms with Crippen molar-refractivity contribution in [1.29, 1.82) is 0 Å². The Bertz CT molecular complexity index is 1620. The zero-order valence-electron chi connectivity index (χ0n) is 22.2. The van der Waals surface area contributed by atoms with Crippen molar-refractivity contribution < 1.29 is 4.79 Å². The maximum absolute atomic E-state index is 12.9. The lowest BCUT2D eigenvalue weighted by molar-refractivity contribution is 0.102. The number of nitrogens with zero attached hydrogens (tertiary/aromatic N) is 3. The maximum Gasteiger partial charge on any atom is 0.258 e. The molecule has 0 spiro atoms. The van der Waals surface area contributed by atoms with Gasteiger partial charge in [0.05, 0.1) is 35.2 Å². The fraction of sp³-hybridized carbons (Fsp3) is 0.323. The predicted octanol–water partition coefficient (Wildman–Crippen LogP) is 5.62. The van der Waals surface area contributed by atoms with Crippen LogP contribution in [0, 0.1) is 0 Å². The van der Waals surface area contributed by atoms with Gasteiger partial charge in [-0.15, -0.1) is 0 Å². The molecule has 1 aromatic carbocycles. The van der Waals surface area contributed by atoms with Gasteiger partial charge in [0.15, 0.2) is 0 Å². The number of aromatic nitrogens is 4. The molecule has 1 atom stereocenters. The highest BCUT2D eigenvalue weighted by atomic mass is 16.1. The van der Waals surface area contributed by atoms with E-state index in [2.05, 4.69) is 68.6 Å². The van der Waals surface area contributed by atoms with Gasteiger partial charge in [0.25, 0.3) is 11.5 Å². The van der Waals surface area contributed by atoms with Crippen LogP contribution in [0.3, 0.4) is 0 Å². The largest absolute Gasteiger partial charge is 0.354 e. The maximum atomic E-state index is 12.9. The molecule has 4 aromatic rings. The number of nitrogens with one attached hydrogen (secondary N) is 3. The normalized spacial score (nSPS) is 17.9. The summed E-state index contributed by atoms with van der Waals surface area (Å²) in [7, 11) is 0. The Kier molecular flexibility index (Phi) is 7.02. The quantitative estimate of drug-likeness (QED) is 0.293. The Morgan fingerprint density at radius 3 is 2.92 bits per heavy atom. The first-order valence-corrected chi connectivity index (χ1v) is 13.8. The number of piperidine rings is 1. The molecule has 4 heterocycles. The van der Waals surface area contributed by atoms with E-state index >= 15 is 0 Å². The number of carbonyl (C=O) groups is 1. The number of aromatic amines is 2. The molecule has 3 N–H and O–H groups in total. The lowest BCUT2D eigenvalue weighted by Gasteiger charge is -2.33. The lowest BCUT2D eigenvalue weighted by Crippen LogP contribution is -2.36. The molecule has 1 aliphatic carbocycles. The number of carbonyl (C=O) groups excluding carboxylic acids is 1. The number of hydrogen-bond donors (Lipinski definition) is 3. The van der Waals surface area contributed by atoms with E-state index in [-0.39, 0.29) is 11.5 Å². The number of hydrogen-bond acceptors (Lipinski definition) is 4. The van der Waals surface area contributed by atoms with Gasteiger partial charge >= 0.3 is 0 Å². The van der Waals surface area contributed by atoms with Crippen molar-refractivity contribution in [2.24, 2.45) is 0 Å². The van der Waals surface area contributed by atoms with Crippen LogP contribution in [-0.4, -0.2) is 43.1 Å². The van der Waals surface area contributed by atoms with Crippen LogP contribution in [0.5, 0.6) is 0 Å². The molecule has 0 unspecified atom stereocenters. The summed E-state index contributed by atoms with van der Waals surface area (Å²) in [6.07, 6.45) is 17.2. The van der Waals surface area contributed by atoms with Crippen LogP contribution in [0.4, 0.5) is 5.69 Å². The van der Waals surface area contributed by atoms with Gasteiger partial charge in [0, 0.05) is 35.9 Å². The van der Waals surface area contributed by atoms with E-state index in [0.717, 1.165) is 36.8 Å². The molecule has 8 heteroatoms. The van der Waals surface area contributed by atoms with Crippen LogP contribution in [0.1, 0.15) is 54.9 Å². The fourth-order valence-corrected chi connectivity index (χ4v) is 5.55. The summed E-state index contributed by atoms with van der Waals surface area (Å²) in [5.41, 5.74) is 5.38. The summed E-state index contributed by atoms with van der Waals surface area (Å²) in [6.45, 7) is 5.02. The average Bonchev–Trinajstić information content (AvgIpc) is 3.59. The smallest absolute Gasteiger partial charge is 0.258 e. The minimum atomic E-state index is -0.277. The average molecular weight is 523 g/mol. The molecule has 3 aromatic heterocycles. The third kappa shape index (κ3) is 5.66. The van der Waals surface area contributed by atoms with Crippen molar-refractivity contribution in [3.05, 3.63) is 94.2 Å².